The fraction of sp³-hybridized carbons (Fsp3) is 0.188. The van der Waals surface area contributed by atoms with Gasteiger partial charge in [0.25, 0.3) is 5.91 Å². The number of aromatic nitrogens is 2. The second kappa shape index (κ2) is 8.19. The van der Waals surface area contributed by atoms with Gasteiger partial charge in [0.2, 0.25) is 5.91 Å². The summed E-state index contributed by atoms with van der Waals surface area (Å²) in [5, 5.41) is 6.03. The van der Waals surface area contributed by atoms with Crippen molar-refractivity contribution in [2.24, 2.45) is 0 Å². The number of nitrogens with one attached hydrogen (secondary N) is 2. The number of hydrogen-bond acceptors (Lipinski definition) is 4. The van der Waals surface area contributed by atoms with E-state index >= 15 is 0 Å². The molecule has 0 saturated heterocycles. The van der Waals surface area contributed by atoms with Crippen molar-refractivity contribution in [3.05, 3.63) is 54.9 Å². The second-order valence-electron chi connectivity index (χ2n) is 4.61. The number of imidazole rings is 1. The van der Waals surface area contributed by atoms with Crippen molar-refractivity contribution >= 4 is 23.6 Å². The average molecular weight is 330 g/mol. The van der Waals surface area contributed by atoms with Crippen LogP contribution in [0.15, 0.2) is 54.5 Å². The van der Waals surface area contributed by atoms with Gasteiger partial charge in [-0.2, -0.15) is 0 Å². The van der Waals surface area contributed by atoms with Gasteiger partial charge in [0.1, 0.15) is 0 Å². The molecule has 0 atom stereocenters. The molecule has 2 N–H and O–H groups in total. The minimum atomic E-state index is -0.300. The molecule has 0 unspecified atom stereocenters. The van der Waals surface area contributed by atoms with E-state index in [-0.39, 0.29) is 18.4 Å². The maximum atomic E-state index is 12.2. The molecular formula is C16H18N4O2S. The van der Waals surface area contributed by atoms with E-state index in [4.69, 9.17) is 0 Å². The zero-order chi connectivity index (χ0) is 16.7. The summed E-state index contributed by atoms with van der Waals surface area (Å²) in [5.74, 6) is -0.555. The summed E-state index contributed by atoms with van der Waals surface area (Å²) in [6.07, 6.45) is 7.07. The lowest BCUT2D eigenvalue weighted by atomic mass is 10.2. The number of hydrogen-bond donors (Lipinski definition) is 2. The van der Waals surface area contributed by atoms with Crippen LogP contribution < -0.4 is 10.6 Å². The normalized spacial score (nSPS) is 10.1. The SMILES string of the molecule is C=CCNC(=O)CNC(=O)c1cccc(-n2ccnc2SC)c1. The van der Waals surface area contributed by atoms with E-state index < -0.39 is 0 Å². The van der Waals surface area contributed by atoms with E-state index in [9.17, 15) is 9.59 Å². The van der Waals surface area contributed by atoms with Gasteiger partial charge in [-0.3, -0.25) is 14.2 Å². The molecule has 0 bridgehead atoms. The van der Waals surface area contributed by atoms with Crippen LogP contribution >= 0.6 is 11.8 Å². The Kier molecular flexibility index (Phi) is 5.99. The van der Waals surface area contributed by atoms with Crippen molar-refractivity contribution in [2.45, 2.75) is 5.16 Å². The van der Waals surface area contributed by atoms with E-state index in [2.05, 4.69) is 22.2 Å². The highest BCUT2D eigenvalue weighted by molar-refractivity contribution is 7.98. The molecule has 1 aromatic heterocycles. The molecule has 0 fully saturated rings. The molecule has 7 heteroatoms. The average Bonchev–Trinajstić information content (AvgIpc) is 3.06. The van der Waals surface area contributed by atoms with Crippen molar-refractivity contribution in [1.82, 2.24) is 20.2 Å². The molecule has 2 aromatic rings. The number of rotatable bonds is 7. The third-order valence-electron chi connectivity index (χ3n) is 3.03. The van der Waals surface area contributed by atoms with Crippen LogP contribution in [0.3, 0.4) is 0 Å². The summed E-state index contributed by atoms with van der Waals surface area (Å²) < 4.78 is 1.90. The Balaban J connectivity index is 2.06. The molecule has 2 amide bonds. The second-order valence-corrected chi connectivity index (χ2v) is 5.38. The lowest BCUT2D eigenvalue weighted by Crippen LogP contribution is -2.36. The van der Waals surface area contributed by atoms with Gasteiger partial charge in [-0.05, 0) is 24.5 Å². The summed E-state index contributed by atoms with van der Waals surface area (Å²) >= 11 is 1.52. The molecule has 6 nitrogen and oxygen atoms in total. The maximum Gasteiger partial charge on any atom is 0.251 e. The van der Waals surface area contributed by atoms with Gasteiger partial charge in [-0.1, -0.05) is 23.9 Å². The Hall–Kier alpha value is -2.54. The first-order valence-electron chi connectivity index (χ1n) is 6.99. The smallest absolute Gasteiger partial charge is 0.251 e. The molecule has 23 heavy (non-hydrogen) atoms. The maximum absolute atomic E-state index is 12.2. The Morgan fingerprint density at radius 3 is 2.96 bits per heavy atom. The number of amides is 2. The van der Waals surface area contributed by atoms with Crippen molar-refractivity contribution < 1.29 is 9.59 Å². The minimum Gasteiger partial charge on any atom is -0.351 e. The van der Waals surface area contributed by atoms with Gasteiger partial charge in [-0.15, -0.1) is 6.58 Å². The van der Waals surface area contributed by atoms with Gasteiger partial charge >= 0.3 is 0 Å². The fourth-order valence-corrected chi connectivity index (χ4v) is 2.47. The van der Waals surface area contributed by atoms with Gasteiger partial charge < -0.3 is 10.6 Å². The van der Waals surface area contributed by atoms with E-state index in [1.807, 2.05) is 23.1 Å². The molecule has 1 aromatic carbocycles. The summed E-state index contributed by atoms with van der Waals surface area (Å²) in [5.41, 5.74) is 1.33. The van der Waals surface area contributed by atoms with E-state index in [1.54, 1.807) is 30.5 Å². The van der Waals surface area contributed by atoms with Gasteiger partial charge in [-0.25, -0.2) is 4.98 Å². The highest BCUT2D eigenvalue weighted by Gasteiger charge is 2.10. The molecule has 0 spiro atoms. The highest BCUT2D eigenvalue weighted by Crippen LogP contribution is 2.18. The van der Waals surface area contributed by atoms with Crippen LogP contribution in [-0.4, -0.2) is 40.7 Å². The standard InChI is InChI=1S/C16H18N4O2S/c1-3-7-17-14(21)11-19-15(22)12-5-4-6-13(10-12)20-9-8-18-16(20)23-2/h3-6,8-10H,1,7,11H2,2H3,(H,17,21)(H,19,22). The van der Waals surface area contributed by atoms with Crippen molar-refractivity contribution in [3.63, 3.8) is 0 Å². The van der Waals surface area contributed by atoms with Crippen LogP contribution in [-0.2, 0) is 4.79 Å². The predicted molar refractivity (Wildman–Crippen MR) is 90.9 cm³/mol. The molecule has 0 radical (unpaired) electrons. The third kappa shape index (κ3) is 4.46. The van der Waals surface area contributed by atoms with Crippen molar-refractivity contribution in [2.75, 3.05) is 19.3 Å². The molecule has 0 aliphatic rings. The first kappa shape index (κ1) is 16.8. The zero-order valence-electron chi connectivity index (χ0n) is 12.8. The third-order valence-corrected chi connectivity index (χ3v) is 3.70. The summed E-state index contributed by atoms with van der Waals surface area (Å²) in [4.78, 5) is 27.9. The molecule has 120 valence electrons. The number of nitrogens with zero attached hydrogens (tertiary/aromatic N) is 2. The van der Waals surface area contributed by atoms with Gasteiger partial charge in [0.15, 0.2) is 5.16 Å². The number of carbonyl (C=O) groups excluding carboxylic acids is 2. The molecule has 2 rings (SSSR count). The Morgan fingerprint density at radius 2 is 2.22 bits per heavy atom. The quantitative estimate of drug-likeness (QED) is 0.597. The number of benzene rings is 1. The molecule has 0 aliphatic carbocycles. The molecule has 0 aliphatic heterocycles. The van der Waals surface area contributed by atoms with Crippen LogP contribution in [0.25, 0.3) is 5.69 Å². The Bertz CT molecular complexity index is 712. The fourth-order valence-electron chi connectivity index (χ4n) is 1.95. The molecule has 0 saturated carbocycles. The van der Waals surface area contributed by atoms with Crippen LogP contribution in [0.1, 0.15) is 10.4 Å². The Labute approximate surface area is 139 Å². The zero-order valence-corrected chi connectivity index (χ0v) is 13.6. The van der Waals surface area contributed by atoms with Crippen molar-refractivity contribution in [1.29, 1.82) is 0 Å². The van der Waals surface area contributed by atoms with E-state index in [0.717, 1.165) is 10.8 Å². The summed E-state index contributed by atoms with van der Waals surface area (Å²) in [6, 6.07) is 7.16. The molecule has 1 heterocycles. The summed E-state index contributed by atoms with van der Waals surface area (Å²) in [6.45, 7) is 3.82. The lowest BCUT2D eigenvalue weighted by molar-refractivity contribution is -0.119. The lowest BCUT2D eigenvalue weighted by Gasteiger charge is -2.09. The topological polar surface area (TPSA) is 76.0 Å². The molecular weight excluding hydrogens is 312 g/mol. The first-order valence-corrected chi connectivity index (χ1v) is 8.21. The Morgan fingerprint density at radius 1 is 1.39 bits per heavy atom. The van der Waals surface area contributed by atoms with Crippen LogP contribution in [0, 0.1) is 0 Å². The largest absolute Gasteiger partial charge is 0.351 e. The van der Waals surface area contributed by atoms with E-state index in [0.29, 0.717) is 12.1 Å². The van der Waals surface area contributed by atoms with Crippen LogP contribution in [0.2, 0.25) is 0 Å². The number of thioether (sulfide) groups is 1. The summed E-state index contributed by atoms with van der Waals surface area (Å²) in [7, 11) is 0. The van der Waals surface area contributed by atoms with Gasteiger partial charge in [0.05, 0.1) is 6.54 Å². The predicted octanol–water partition coefficient (Wildman–Crippen LogP) is 1.63. The minimum absolute atomic E-state index is 0.0714. The van der Waals surface area contributed by atoms with E-state index in [1.165, 1.54) is 11.8 Å². The van der Waals surface area contributed by atoms with Crippen LogP contribution in [0.4, 0.5) is 0 Å². The highest BCUT2D eigenvalue weighted by atomic mass is 32.2. The number of carbonyl (C=O) groups is 2. The monoisotopic (exact) mass is 330 g/mol. The van der Waals surface area contributed by atoms with Crippen LogP contribution in [0.5, 0.6) is 0 Å². The first-order chi connectivity index (χ1) is 11.2. The van der Waals surface area contributed by atoms with Gasteiger partial charge in [0, 0.05) is 30.2 Å². The van der Waals surface area contributed by atoms with Crippen molar-refractivity contribution in [3.8, 4) is 5.69 Å².